The first-order valence-corrected chi connectivity index (χ1v) is 9.74. The van der Waals surface area contributed by atoms with E-state index in [1.807, 2.05) is 46.0 Å². The quantitative estimate of drug-likeness (QED) is 0.645. The highest BCUT2D eigenvalue weighted by atomic mass is 16.5. The van der Waals surface area contributed by atoms with Gasteiger partial charge < -0.3 is 14.4 Å². The molecule has 0 radical (unpaired) electrons. The van der Waals surface area contributed by atoms with E-state index in [1.165, 1.54) is 5.69 Å². The number of pyridine rings is 1. The van der Waals surface area contributed by atoms with Gasteiger partial charge in [-0.2, -0.15) is 5.10 Å². The molecule has 0 N–H and O–H groups in total. The number of aryl methyl sites for hydroxylation is 1. The van der Waals surface area contributed by atoms with Gasteiger partial charge in [-0.1, -0.05) is 12.1 Å². The molecular formula is C22H24N4O3. The zero-order valence-electron chi connectivity index (χ0n) is 16.7. The number of hydrogen-bond acceptors (Lipinski definition) is 5. The fourth-order valence-electron chi connectivity index (χ4n) is 3.63. The third-order valence-corrected chi connectivity index (χ3v) is 5.12. The van der Waals surface area contributed by atoms with Crippen molar-refractivity contribution in [3.63, 3.8) is 0 Å². The van der Waals surface area contributed by atoms with E-state index in [9.17, 15) is 4.79 Å². The van der Waals surface area contributed by atoms with Crippen molar-refractivity contribution in [2.75, 3.05) is 13.7 Å². The fourth-order valence-corrected chi connectivity index (χ4v) is 3.63. The topological polar surface area (TPSA) is 69.5 Å². The molecule has 29 heavy (non-hydrogen) atoms. The third-order valence-electron chi connectivity index (χ3n) is 5.12. The SMILES string of the molecule is CCn1nc(COc2ccccn2)c2c1CCN(C(=O)c1cccc(OC)c1)C2. The Hall–Kier alpha value is -3.35. The van der Waals surface area contributed by atoms with Crippen LogP contribution in [-0.2, 0) is 26.1 Å². The van der Waals surface area contributed by atoms with Crippen LogP contribution < -0.4 is 9.47 Å². The fraction of sp³-hybridized carbons (Fsp3) is 0.318. The summed E-state index contributed by atoms with van der Waals surface area (Å²) in [6.45, 7) is 4.37. The van der Waals surface area contributed by atoms with Crippen molar-refractivity contribution >= 4 is 5.91 Å². The number of benzene rings is 1. The first-order chi connectivity index (χ1) is 14.2. The molecule has 0 saturated heterocycles. The normalized spacial score (nSPS) is 13.1. The van der Waals surface area contributed by atoms with Crippen LogP contribution >= 0.6 is 0 Å². The molecule has 0 unspecified atom stereocenters. The molecule has 7 heteroatoms. The summed E-state index contributed by atoms with van der Waals surface area (Å²) in [5.41, 5.74) is 3.74. The molecule has 0 saturated carbocycles. The van der Waals surface area contributed by atoms with Gasteiger partial charge in [0.2, 0.25) is 5.88 Å². The first kappa shape index (κ1) is 19.0. The zero-order valence-corrected chi connectivity index (χ0v) is 16.7. The average Bonchev–Trinajstić information content (AvgIpc) is 3.15. The van der Waals surface area contributed by atoms with E-state index in [0.717, 1.165) is 24.2 Å². The van der Waals surface area contributed by atoms with Gasteiger partial charge >= 0.3 is 0 Å². The van der Waals surface area contributed by atoms with Crippen LogP contribution in [0.2, 0.25) is 0 Å². The maximum absolute atomic E-state index is 13.0. The molecule has 4 rings (SSSR count). The van der Waals surface area contributed by atoms with Gasteiger partial charge in [0.1, 0.15) is 18.1 Å². The van der Waals surface area contributed by atoms with Gasteiger partial charge in [0.05, 0.1) is 7.11 Å². The summed E-state index contributed by atoms with van der Waals surface area (Å²) < 4.78 is 13.1. The lowest BCUT2D eigenvalue weighted by molar-refractivity contribution is 0.0732. The maximum Gasteiger partial charge on any atom is 0.254 e. The van der Waals surface area contributed by atoms with E-state index in [0.29, 0.717) is 36.9 Å². The molecule has 1 aliphatic rings. The van der Waals surface area contributed by atoms with E-state index >= 15 is 0 Å². The summed E-state index contributed by atoms with van der Waals surface area (Å²) in [5.74, 6) is 1.24. The van der Waals surface area contributed by atoms with Crippen LogP contribution in [0.15, 0.2) is 48.7 Å². The molecule has 1 aromatic carbocycles. The predicted molar refractivity (Wildman–Crippen MR) is 108 cm³/mol. The average molecular weight is 392 g/mol. The number of amides is 1. The lowest BCUT2D eigenvalue weighted by Gasteiger charge is -2.28. The molecule has 2 aromatic heterocycles. The molecule has 3 heterocycles. The Kier molecular flexibility index (Phi) is 5.46. The number of rotatable bonds is 6. The van der Waals surface area contributed by atoms with E-state index < -0.39 is 0 Å². The molecule has 0 atom stereocenters. The van der Waals surface area contributed by atoms with Crippen LogP contribution in [0.1, 0.15) is 34.2 Å². The Morgan fingerprint density at radius 1 is 1.21 bits per heavy atom. The molecule has 0 aliphatic carbocycles. The largest absolute Gasteiger partial charge is 0.497 e. The number of aromatic nitrogens is 3. The Balaban J connectivity index is 1.55. The highest BCUT2D eigenvalue weighted by Crippen LogP contribution is 2.25. The Morgan fingerprint density at radius 2 is 2.10 bits per heavy atom. The van der Waals surface area contributed by atoms with Crippen LogP contribution in [0, 0.1) is 0 Å². The van der Waals surface area contributed by atoms with Crippen molar-refractivity contribution in [1.82, 2.24) is 19.7 Å². The number of methoxy groups -OCH3 is 1. The Bertz CT molecular complexity index is 1000. The number of nitrogens with zero attached hydrogens (tertiary/aromatic N) is 4. The second-order valence-electron chi connectivity index (χ2n) is 6.85. The number of fused-ring (bicyclic) bond motifs is 1. The maximum atomic E-state index is 13.0. The molecule has 0 fully saturated rings. The second-order valence-corrected chi connectivity index (χ2v) is 6.85. The van der Waals surface area contributed by atoms with Crippen molar-refractivity contribution in [1.29, 1.82) is 0 Å². The third kappa shape index (κ3) is 3.94. The van der Waals surface area contributed by atoms with E-state index in [1.54, 1.807) is 19.4 Å². The summed E-state index contributed by atoms with van der Waals surface area (Å²) in [6.07, 6.45) is 2.47. The lowest BCUT2D eigenvalue weighted by Crippen LogP contribution is -2.36. The van der Waals surface area contributed by atoms with E-state index in [2.05, 4.69) is 11.9 Å². The molecule has 0 spiro atoms. The van der Waals surface area contributed by atoms with Gasteiger partial charge in [-0.3, -0.25) is 9.48 Å². The summed E-state index contributed by atoms with van der Waals surface area (Å²) in [5, 5.41) is 4.73. The molecule has 3 aromatic rings. The van der Waals surface area contributed by atoms with E-state index in [-0.39, 0.29) is 5.91 Å². The monoisotopic (exact) mass is 392 g/mol. The van der Waals surface area contributed by atoms with Crippen LogP contribution in [-0.4, -0.2) is 39.2 Å². The molecule has 1 aliphatic heterocycles. The Morgan fingerprint density at radius 3 is 2.86 bits per heavy atom. The van der Waals surface area contributed by atoms with Crippen LogP contribution in [0.5, 0.6) is 11.6 Å². The minimum atomic E-state index is -0.00427. The smallest absolute Gasteiger partial charge is 0.254 e. The van der Waals surface area contributed by atoms with Gasteiger partial charge in [0, 0.05) is 55.1 Å². The summed E-state index contributed by atoms with van der Waals surface area (Å²) in [4.78, 5) is 19.1. The molecule has 150 valence electrons. The molecule has 7 nitrogen and oxygen atoms in total. The zero-order chi connectivity index (χ0) is 20.2. The molecular weight excluding hydrogens is 368 g/mol. The summed E-state index contributed by atoms with van der Waals surface area (Å²) in [7, 11) is 1.60. The van der Waals surface area contributed by atoms with Crippen molar-refractivity contribution in [3.8, 4) is 11.6 Å². The standard InChI is InChI=1S/C22H24N4O3/c1-3-26-20-10-12-25(22(27)16-7-6-8-17(13-16)28-2)14-18(20)19(24-26)15-29-21-9-4-5-11-23-21/h4-9,11,13H,3,10,12,14-15H2,1-2H3. The number of carbonyl (C=O) groups excluding carboxylic acids is 1. The molecule has 1 amide bonds. The van der Waals surface area contributed by atoms with Crippen LogP contribution in [0.3, 0.4) is 0 Å². The van der Waals surface area contributed by atoms with Crippen LogP contribution in [0.4, 0.5) is 0 Å². The number of carbonyl (C=O) groups is 1. The summed E-state index contributed by atoms with van der Waals surface area (Å²) >= 11 is 0. The highest BCUT2D eigenvalue weighted by Gasteiger charge is 2.28. The number of hydrogen-bond donors (Lipinski definition) is 0. The number of ether oxygens (including phenoxy) is 2. The van der Waals surface area contributed by atoms with Gasteiger partial charge in [-0.15, -0.1) is 0 Å². The van der Waals surface area contributed by atoms with Gasteiger partial charge in [0.25, 0.3) is 5.91 Å². The van der Waals surface area contributed by atoms with Crippen molar-refractivity contribution < 1.29 is 14.3 Å². The molecule has 0 bridgehead atoms. The predicted octanol–water partition coefficient (Wildman–Crippen LogP) is 3.08. The van der Waals surface area contributed by atoms with E-state index in [4.69, 9.17) is 14.6 Å². The second kappa shape index (κ2) is 8.34. The lowest BCUT2D eigenvalue weighted by atomic mass is 10.0. The van der Waals surface area contributed by atoms with Crippen LogP contribution in [0.25, 0.3) is 0 Å². The Labute approximate surface area is 169 Å². The van der Waals surface area contributed by atoms with Gasteiger partial charge in [-0.05, 0) is 31.2 Å². The minimum absolute atomic E-state index is 0.00427. The van der Waals surface area contributed by atoms with Gasteiger partial charge in [0.15, 0.2) is 0 Å². The van der Waals surface area contributed by atoms with Crippen molar-refractivity contribution in [3.05, 3.63) is 71.2 Å². The van der Waals surface area contributed by atoms with Gasteiger partial charge in [-0.25, -0.2) is 4.98 Å². The summed E-state index contributed by atoms with van der Waals surface area (Å²) in [6, 6.07) is 12.8. The minimum Gasteiger partial charge on any atom is -0.497 e. The van der Waals surface area contributed by atoms with Crippen molar-refractivity contribution in [2.24, 2.45) is 0 Å². The highest BCUT2D eigenvalue weighted by molar-refractivity contribution is 5.94. The first-order valence-electron chi connectivity index (χ1n) is 9.74. The van der Waals surface area contributed by atoms with Crippen molar-refractivity contribution in [2.45, 2.75) is 33.0 Å².